The van der Waals surface area contributed by atoms with E-state index in [-0.39, 0.29) is 12.2 Å². The summed E-state index contributed by atoms with van der Waals surface area (Å²) in [6.45, 7) is 6.69. The molecular weight excluding hydrogens is 334 g/mol. The van der Waals surface area contributed by atoms with Crippen molar-refractivity contribution in [2.24, 2.45) is 0 Å². The predicted molar refractivity (Wildman–Crippen MR) is 97.5 cm³/mol. The van der Waals surface area contributed by atoms with E-state index in [1.54, 1.807) is 12.0 Å². The number of likely N-dealkylation sites (tertiary alicyclic amines) is 1. The van der Waals surface area contributed by atoms with Crippen LogP contribution >= 0.6 is 0 Å². The van der Waals surface area contributed by atoms with Gasteiger partial charge in [0.05, 0.1) is 24.7 Å². The zero-order valence-electron chi connectivity index (χ0n) is 15.7. The Bertz CT molecular complexity index is 788. The fourth-order valence-corrected chi connectivity index (χ4v) is 2.86. The SMILES string of the molecule is COc1nc2ccccc2nc1O[C@@H]1CCCN(C(=O)OC(C)(C)C)C1. The van der Waals surface area contributed by atoms with E-state index < -0.39 is 5.60 Å². The Labute approximate surface area is 153 Å². The molecule has 1 aliphatic rings. The Balaban J connectivity index is 1.74. The minimum absolute atomic E-state index is 0.180. The lowest BCUT2D eigenvalue weighted by atomic mass is 10.1. The van der Waals surface area contributed by atoms with Crippen molar-refractivity contribution in [1.82, 2.24) is 14.9 Å². The van der Waals surface area contributed by atoms with Crippen LogP contribution < -0.4 is 9.47 Å². The molecule has 140 valence electrons. The third-order valence-corrected chi connectivity index (χ3v) is 4.01. The zero-order chi connectivity index (χ0) is 18.7. The molecule has 7 heteroatoms. The minimum Gasteiger partial charge on any atom is -0.477 e. The molecule has 1 fully saturated rings. The van der Waals surface area contributed by atoms with Crippen molar-refractivity contribution in [2.75, 3.05) is 20.2 Å². The molecule has 1 aliphatic heterocycles. The number of hydrogen-bond acceptors (Lipinski definition) is 6. The molecule has 0 unspecified atom stereocenters. The fourth-order valence-electron chi connectivity index (χ4n) is 2.86. The largest absolute Gasteiger partial charge is 0.477 e. The molecule has 0 bridgehead atoms. The third-order valence-electron chi connectivity index (χ3n) is 4.01. The summed E-state index contributed by atoms with van der Waals surface area (Å²) in [7, 11) is 1.54. The topological polar surface area (TPSA) is 73.8 Å². The van der Waals surface area contributed by atoms with Gasteiger partial charge < -0.3 is 19.1 Å². The Morgan fingerprint density at radius 2 is 1.81 bits per heavy atom. The van der Waals surface area contributed by atoms with E-state index in [2.05, 4.69) is 9.97 Å². The lowest BCUT2D eigenvalue weighted by Gasteiger charge is -2.34. The van der Waals surface area contributed by atoms with Gasteiger partial charge in [0.15, 0.2) is 0 Å². The van der Waals surface area contributed by atoms with Crippen LogP contribution in [-0.2, 0) is 4.74 Å². The first-order valence-corrected chi connectivity index (χ1v) is 8.81. The molecule has 2 aromatic rings. The number of aromatic nitrogens is 2. The van der Waals surface area contributed by atoms with Crippen molar-refractivity contribution in [3.05, 3.63) is 24.3 Å². The quantitative estimate of drug-likeness (QED) is 0.836. The highest BCUT2D eigenvalue weighted by Crippen LogP contribution is 2.28. The number of fused-ring (bicyclic) bond motifs is 1. The van der Waals surface area contributed by atoms with Crippen molar-refractivity contribution < 1.29 is 19.0 Å². The molecule has 1 atom stereocenters. The third kappa shape index (κ3) is 4.33. The maximum Gasteiger partial charge on any atom is 0.410 e. The molecule has 0 spiro atoms. The Kier molecular flexibility index (Phi) is 5.15. The summed E-state index contributed by atoms with van der Waals surface area (Å²) in [4.78, 5) is 23.0. The Morgan fingerprint density at radius 1 is 1.15 bits per heavy atom. The first-order chi connectivity index (χ1) is 12.4. The van der Waals surface area contributed by atoms with Crippen LogP contribution in [0.5, 0.6) is 11.8 Å². The lowest BCUT2D eigenvalue weighted by Crippen LogP contribution is -2.46. The molecule has 0 N–H and O–H groups in total. The standard InChI is InChI=1S/C19H25N3O4/c1-19(2,3)26-18(23)22-11-7-8-13(12-22)25-17-16(24-4)20-14-9-5-6-10-15(14)21-17/h5-6,9-10,13H,7-8,11-12H2,1-4H3/t13-/m1/s1. The first-order valence-electron chi connectivity index (χ1n) is 8.81. The maximum absolute atomic E-state index is 12.3. The summed E-state index contributed by atoms with van der Waals surface area (Å²) in [5.41, 5.74) is 0.969. The molecule has 3 rings (SSSR count). The number of methoxy groups -OCH3 is 1. The minimum atomic E-state index is -0.516. The average molecular weight is 359 g/mol. The van der Waals surface area contributed by atoms with Crippen LogP contribution in [0.2, 0.25) is 0 Å². The van der Waals surface area contributed by atoms with E-state index in [9.17, 15) is 4.79 Å². The van der Waals surface area contributed by atoms with E-state index in [4.69, 9.17) is 14.2 Å². The van der Waals surface area contributed by atoms with Crippen molar-refractivity contribution in [2.45, 2.75) is 45.3 Å². The maximum atomic E-state index is 12.3. The second-order valence-electron chi connectivity index (χ2n) is 7.34. The van der Waals surface area contributed by atoms with Crippen LogP contribution in [0.4, 0.5) is 4.79 Å². The van der Waals surface area contributed by atoms with Crippen LogP contribution in [-0.4, -0.2) is 52.9 Å². The van der Waals surface area contributed by atoms with Gasteiger partial charge in [-0.3, -0.25) is 0 Å². The lowest BCUT2D eigenvalue weighted by molar-refractivity contribution is 0.00691. The average Bonchev–Trinajstić information content (AvgIpc) is 2.60. The summed E-state index contributed by atoms with van der Waals surface area (Å²) in [6, 6.07) is 7.55. The van der Waals surface area contributed by atoms with Gasteiger partial charge in [0.2, 0.25) is 0 Å². The van der Waals surface area contributed by atoms with Crippen LogP contribution in [0.25, 0.3) is 11.0 Å². The number of carbonyl (C=O) groups is 1. The van der Waals surface area contributed by atoms with Crippen molar-refractivity contribution >= 4 is 17.1 Å². The second-order valence-corrected chi connectivity index (χ2v) is 7.34. The number of benzene rings is 1. The molecule has 7 nitrogen and oxygen atoms in total. The monoisotopic (exact) mass is 359 g/mol. The number of nitrogens with zero attached hydrogens (tertiary/aromatic N) is 3. The number of amides is 1. The molecule has 2 heterocycles. The number of ether oxygens (including phenoxy) is 3. The Hall–Kier alpha value is -2.57. The first kappa shape index (κ1) is 18.2. The number of para-hydroxylation sites is 2. The normalized spacial score (nSPS) is 17.8. The summed E-state index contributed by atoms with van der Waals surface area (Å²) >= 11 is 0. The zero-order valence-corrected chi connectivity index (χ0v) is 15.7. The van der Waals surface area contributed by atoms with Gasteiger partial charge in [-0.1, -0.05) is 12.1 Å². The van der Waals surface area contributed by atoms with E-state index in [0.29, 0.717) is 24.8 Å². The number of hydrogen-bond donors (Lipinski definition) is 0. The Morgan fingerprint density at radius 3 is 2.42 bits per heavy atom. The van der Waals surface area contributed by atoms with Crippen molar-refractivity contribution in [1.29, 1.82) is 0 Å². The summed E-state index contributed by atoms with van der Waals surface area (Å²) < 4.78 is 16.8. The van der Waals surface area contributed by atoms with Gasteiger partial charge >= 0.3 is 6.09 Å². The van der Waals surface area contributed by atoms with Gasteiger partial charge in [0.25, 0.3) is 11.8 Å². The molecule has 0 radical (unpaired) electrons. The van der Waals surface area contributed by atoms with Crippen LogP contribution in [0, 0.1) is 0 Å². The molecule has 1 aromatic carbocycles. The second kappa shape index (κ2) is 7.35. The molecule has 26 heavy (non-hydrogen) atoms. The van der Waals surface area contributed by atoms with Gasteiger partial charge in [0.1, 0.15) is 11.7 Å². The summed E-state index contributed by atoms with van der Waals surface area (Å²) in [5, 5.41) is 0. The van der Waals surface area contributed by atoms with E-state index in [1.807, 2.05) is 45.0 Å². The van der Waals surface area contributed by atoms with E-state index in [0.717, 1.165) is 23.9 Å². The van der Waals surface area contributed by atoms with E-state index in [1.165, 1.54) is 0 Å². The summed E-state index contributed by atoms with van der Waals surface area (Å²) in [5.74, 6) is 0.695. The molecule has 1 amide bonds. The molecular formula is C19H25N3O4. The number of piperidine rings is 1. The van der Waals surface area contributed by atoms with Crippen LogP contribution in [0.3, 0.4) is 0 Å². The number of rotatable bonds is 3. The van der Waals surface area contributed by atoms with Gasteiger partial charge in [-0.05, 0) is 45.7 Å². The number of carbonyl (C=O) groups excluding carboxylic acids is 1. The van der Waals surface area contributed by atoms with Crippen molar-refractivity contribution in [3.63, 3.8) is 0 Å². The summed E-state index contributed by atoms with van der Waals surface area (Å²) in [6.07, 6.45) is 1.17. The highest BCUT2D eigenvalue weighted by molar-refractivity contribution is 5.75. The highest BCUT2D eigenvalue weighted by Gasteiger charge is 2.29. The smallest absolute Gasteiger partial charge is 0.410 e. The van der Waals surface area contributed by atoms with Gasteiger partial charge in [0, 0.05) is 6.54 Å². The van der Waals surface area contributed by atoms with E-state index >= 15 is 0 Å². The molecule has 1 saturated heterocycles. The predicted octanol–water partition coefficient (Wildman–Crippen LogP) is 3.42. The molecule has 0 saturated carbocycles. The van der Waals surface area contributed by atoms with Crippen molar-refractivity contribution in [3.8, 4) is 11.8 Å². The van der Waals surface area contributed by atoms with Gasteiger partial charge in [-0.25, -0.2) is 14.8 Å². The fraction of sp³-hybridized carbons (Fsp3) is 0.526. The molecule has 1 aromatic heterocycles. The molecule has 0 aliphatic carbocycles. The highest BCUT2D eigenvalue weighted by atomic mass is 16.6. The van der Waals surface area contributed by atoms with Crippen LogP contribution in [0.1, 0.15) is 33.6 Å². The van der Waals surface area contributed by atoms with Crippen LogP contribution in [0.15, 0.2) is 24.3 Å². The van der Waals surface area contributed by atoms with Gasteiger partial charge in [-0.2, -0.15) is 0 Å². The van der Waals surface area contributed by atoms with Gasteiger partial charge in [-0.15, -0.1) is 0 Å².